The highest BCUT2D eigenvalue weighted by atomic mass is 14.9. The first-order valence-electron chi connectivity index (χ1n) is 10.3. The standard InChI is InChI=1S/C26H20N6/c1-17-7-3-9-19(29-17)21-11-5-13-23(31-21)25-15-26(28-16-27-25)24-14-6-12-22(32-24)20-10-4-8-18(2)30-20/h3-16H,1-2H3. The zero-order valence-corrected chi connectivity index (χ0v) is 17.8. The molecule has 0 saturated heterocycles. The largest absolute Gasteiger partial charge is 0.251 e. The Morgan fingerprint density at radius 2 is 0.750 bits per heavy atom. The third kappa shape index (κ3) is 4.11. The predicted molar refractivity (Wildman–Crippen MR) is 124 cm³/mol. The smallest absolute Gasteiger partial charge is 0.116 e. The maximum absolute atomic E-state index is 4.78. The van der Waals surface area contributed by atoms with Crippen molar-refractivity contribution in [1.82, 2.24) is 29.9 Å². The van der Waals surface area contributed by atoms with Gasteiger partial charge in [-0.3, -0.25) is 9.97 Å². The van der Waals surface area contributed by atoms with E-state index in [2.05, 4.69) is 19.9 Å². The van der Waals surface area contributed by atoms with E-state index in [-0.39, 0.29) is 0 Å². The van der Waals surface area contributed by atoms with E-state index in [0.717, 1.165) is 56.9 Å². The van der Waals surface area contributed by atoms with Gasteiger partial charge in [0.25, 0.3) is 0 Å². The molecule has 0 saturated carbocycles. The molecule has 6 nitrogen and oxygen atoms in total. The van der Waals surface area contributed by atoms with E-state index in [0.29, 0.717) is 0 Å². The van der Waals surface area contributed by atoms with Crippen molar-refractivity contribution >= 4 is 0 Å². The molecule has 0 aromatic carbocycles. The molecule has 0 fully saturated rings. The molecule has 0 N–H and O–H groups in total. The van der Waals surface area contributed by atoms with Crippen LogP contribution >= 0.6 is 0 Å². The SMILES string of the molecule is Cc1cccc(-c2cccc(-c3cc(-c4cccc(-c5cccc(C)n5)n4)ncn3)n2)n1. The average molecular weight is 416 g/mol. The van der Waals surface area contributed by atoms with Crippen LogP contribution < -0.4 is 0 Å². The zero-order valence-electron chi connectivity index (χ0n) is 17.8. The fourth-order valence-corrected chi connectivity index (χ4v) is 3.45. The summed E-state index contributed by atoms with van der Waals surface area (Å²) < 4.78 is 0. The summed E-state index contributed by atoms with van der Waals surface area (Å²) >= 11 is 0. The van der Waals surface area contributed by atoms with E-state index < -0.39 is 0 Å². The van der Waals surface area contributed by atoms with Crippen molar-refractivity contribution < 1.29 is 0 Å². The third-order valence-electron chi connectivity index (χ3n) is 4.99. The van der Waals surface area contributed by atoms with Crippen LogP contribution in [-0.2, 0) is 0 Å². The minimum atomic E-state index is 0.727. The molecule has 0 aliphatic heterocycles. The van der Waals surface area contributed by atoms with Crippen LogP contribution in [0.5, 0.6) is 0 Å². The predicted octanol–water partition coefficient (Wildman–Crippen LogP) is 5.34. The van der Waals surface area contributed by atoms with Crippen molar-refractivity contribution in [2.45, 2.75) is 13.8 Å². The molecule has 5 heterocycles. The number of hydrogen-bond acceptors (Lipinski definition) is 6. The lowest BCUT2D eigenvalue weighted by molar-refractivity contribution is 1.13. The maximum atomic E-state index is 4.78. The van der Waals surface area contributed by atoms with E-state index in [1.165, 1.54) is 0 Å². The van der Waals surface area contributed by atoms with Gasteiger partial charge in [0, 0.05) is 11.4 Å². The Hall–Kier alpha value is -4.32. The lowest BCUT2D eigenvalue weighted by Crippen LogP contribution is -1.96. The van der Waals surface area contributed by atoms with Gasteiger partial charge in [-0.1, -0.05) is 24.3 Å². The summed E-state index contributed by atoms with van der Waals surface area (Å²) in [6.45, 7) is 3.94. The zero-order chi connectivity index (χ0) is 21.9. The van der Waals surface area contributed by atoms with Gasteiger partial charge in [-0.25, -0.2) is 19.9 Å². The van der Waals surface area contributed by atoms with E-state index in [1.807, 2.05) is 92.7 Å². The number of pyridine rings is 4. The first kappa shape index (κ1) is 19.6. The third-order valence-corrected chi connectivity index (χ3v) is 4.99. The van der Waals surface area contributed by atoms with Gasteiger partial charge in [-0.05, 0) is 68.4 Å². The van der Waals surface area contributed by atoms with E-state index in [4.69, 9.17) is 9.97 Å². The van der Waals surface area contributed by atoms with Gasteiger partial charge < -0.3 is 0 Å². The Balaban J connectivity index is 1.51. The second-order valence-corrected chi connectivity index (χ2v) is 7.43. The quantitative estimate of drug-likeness (QED) is 0.393. The molecule has 5 aromatic heterocycles. The first-order valence-corrected chi connectivity index (χ1v) is 10.3. The fraction of sp³-hybridized carbons (Fsp3) is 0.0769. The van der Waals surface area contributed by atoms with Crippen LogP contribution in [-0.4, -0.2) is 29.9 Å². The van der Waals surface area contributed by atoms with Gasteiger partial charge in [-0.2, -0.15) is 0 Å². The van der Waals surface area contributed by atoms with Crippen molar-refractivity contribution in [2.75, 3.05) is 0 Å². The van der Waals surface area contributed by atoms with Crippen LogP contribution in [0.1, 0.15) is 11.4 Å². The van der Waals surface area contributed by atoms with E-state index >= 15 is 0 Å². The van der Waals surface area contributed by atoms with E-state index in [1.54, 1.807) is 6.33 Å². The Labute approximate surface area is 186 Å². The summed E-state index contributed by atoms with van der Waals surface area (Å²) in [7, 11) is 0. The summed E-state index contributed by atoms with van der Waals surface area (Å²) in [5.41, 5.74) is 8.14. The number of nitrogens with zero attached hydrogens (tertiary/aromatic N) is 6. The van der Waals surface area contributed by atoms with Crippen molar-refractivity contribution in [3.05, 3.63) is 96.6 Å². The summed E-state index contributed by atoms with van der Waals surface area (Å²) in [5, 5.41) is 0. The van der Waals surface area contributed by atoms with Gasteiger partial charge in [0.05, 0.1) is 45.6 Å². The number of aromatic nitrogens is 6. The molecule has 0 aliphatic carbocycles. The highest BCUT2D eigenvalue weighted by molar-refractivity contribution is 5.67. The van der Waals surface area contributed by atoms with Gasteiger partial charge in [-0.15, -0.1) is 0 Å². The highest BCUT2D eigenvalue weighted by Gasteiger charge is 2.10. The molecule has 6 heteroatoms. The minimum absolute atomic E-state index is 0.727. The van der Waals surface area contributed by atoms with Crippen molar-refractivity contribution in [3.63, 3.8) is 0 Å². The molecule has 5 aromatic rings. The molecule has 0 radical (unpaired) electrons. The Kier molecular flexibility index (Phi) is 5.17. The van der Waals surface area contributed by atoms with Crippen molar-refractivity contribution in [3.8, 4) is 45.6 Å². The van der Waals surface area contributed by atoms with Crippen molar-refractivity contribution in [1.29, 1.82) is 0 Å². The second kappa shape index (κ2) is 8.43. The van der Waals surface area contributed by atoms with Gasteiger partial charge in [0.2, 0.25) is 0 Å². The van der Waals surface area contributed by atoms with Crippen molar-refractivity contribution in [2.24, 2.45) is 0 Å². The molecular weight excluding hydrogens is 396 g/mol. The molecule has 0 amide bonds. The molecule has 0 spiro atoms. The molecule has 32 heavy (non-hydrogen) atoms. The maximum Gasteiger partial charge on any atom is 0.116 e. The number of aryl methyl sites for hydroxylation is 2. The van der Waals surface area contributed by atoms with Gasteiger partial charge in [0.1, 0.15) is 6.33 Å². The normalized spacial score (nSPS) is 10.8. The lowest BCUT2D eigenvalue weighted by Gasteiger charge is -2.07. The average Bonchev–Trinajstić information content (AvgIpc) is 2.84. The molecule has 0 aliphatic rings. The Morgan fingerprint density at radius 3 is 1.16 bits per heavy atom. The van der Waals surface area contributed by atoms with E-state index in [9.17, 15) is 0 Å². The second-order valence-electron chi connectivity index (χ2n) is 7.43. The number of rotatable bonds is 4. The first-order chi connectivity index (χ1) is 15.7. The van der Waals surface area contributed by atoms with Crippen LogP contribution in [0.25, 0.3) is 45.6 Å². The van der Waals surface area contributed by atoms with Crippen LogP contribution in [0.15, 0.2) is 85.2 Å². The molecule has 0 bridgehead atoms. The van der Waals surface area contributed by atoms with Gasteiger partial charge in [0.15, 0.2) is 0 Å². The Bertz CT molecular complexity index is 1310. The summed E-state index contributed by atoms with van der Waals surface area (Å²) in [6.07, 6.45) is 1.54. The van der Waals surface area contributed by atoms with Crippen LogP contribution in [0.3, 0.4) is 0 Å². The lowest BCUT2D eigenvalue weighted by atomic mass is 10.1. The molecule has 0 unspecified atom stereocenters. The summed E-state index contributed by atoms with van der Waals surface area (Å²) in [5.74, 6) is 0. The Morgan fingerprint density at radius 1 is 0.406 bits per heavy atom. The van der Waals surface area contributed by atoms with Gasteiger partial charge >= 0.3 is 0 Å². The fourth-order valence-electron chi connectivity index (χ4n) is 3.45. The summed E-state index contributed by atoms with van der Waals surface area (Å²) in [6, 6.07) is 25.4. The molecule has 0 atom stereocenters. The van der Waals surface area contributed by atoms with Crippen LogP contribution in [0, 0.1) is 13.8 Å². The highest BCUT2D eigenvalue weighted by Crippen LogP contribution is 2.25. The molecule has 5 rings (SSSR count). The molecule has 154 valence electrons. The van der Waals surface area contributed by atoms with Crippen LogP contribution in [0.2, 0.25) is 0 Å². The van der Waals surface area contributed by atoms with Crippen LogP contribution in [0.4, 0.5) is 0 Å². The molecular formula is C26H20N6. The summed E-state index contributed by atoms with van der Waals surface area (Å²) in [4.78, 5) is 27.6. The number of hydrogen-bond donors (Lipinski definition) is 0. The monoisotopic (exact) mass is 416 g/mol. The topological polar surface area (TPSA) is 77.3 Å². The minimum Gasteiger partial charge on any atom is -0.251 e.